The van der Waals surface area contributed by atoms with Crippen LogP contribution in [0.15, 0.2) is 28.7 Å². The second-order valence-electron chi connectivity index (χ2n) is 10.8. The number of unbranched alkanes of at least 4 members (excludes halogenated alkanes) is 8. The molecule has 0 aliphatic carbocycles. The Morgan fingerprint density at radius 3 is 1.38 bits per heavy atom. The Labute approximate surface area is 232 Å². The van der Waals surface area contributed by atoms with Crippen LogP contribution in [0.1, 0.15) is 78.1 Å². The van der Waals surface area contributed by atoms with Crippen LogP contribution in [-0.2, 0) is 9.47 Å². The maximum absolute atomic E-state index is 6.29. The number of epoxide rings is 2. The minimum atomic E-state index is 0.162. The SMILES string of the molecule is CCCCCCCOc1cc2c(cc1OCC1CO1)oc1cc(OCC3CO3)c(OCCCCCCC)cc12. The van der Waals surface area contributed by atoms with Crippen LogP contribution in [0, 0.1) is 0 Å². The zero-order valence-corrected chi connectivity index (χ0v) is 23.6. The van der Waals surface area contributed by atoms with Crippen LogP contribution in [0.3, 0.4) is 0 Å². The van der Waals surface area contributed by atoms with Gasteiger partial charge in [0, 0.05) is 22.9 Å². The van der Waals surface area contributed by atoms with Crippen LogP contribution in [0.4, 0.5) is 0 Å². The number of furan rings is 1. The highest BCUT2D eigenvalue weighted by atomic mass is 16.6. The van der Waals surface area contributed by atoms with Gasteiger partial charge in [-0.15, -0.1) is 0 Å². The largest absolute Gasteiger partial charge is 0.490 e. The van der Waals surface area contributed by atoms with Crippen molar-refractivity contribution in [2.75, 3.05) is 39.6 Å². The van der Waals surface area contributed by atoms with Gasteiger partial charge in [-0.2, -0.15) is 0 Å². The fourth-order valence-corrected chi connectivity index (χ4v) is 4.71. The van der Waals surface area contributed by atoms with Crippen LogP contribution < -0.4 is 18.9 Å². The molecule has 2 fully saturated rings. The van der Waals surface area contributed by atoms with Crippen LogP contribution in [0.2, 0.25) is 0 Å². The van der Waals surface area contributed by atoms with E-state index in [1.54, 1.807) is 0 Å². The molecule has 2 atom stereocenters. The van der Waals surface area contributed by atoms with Gasteiger partial charge in [0.2, 0.25) is 0 Å². The van der Waals surface area contributed by atoms with Gasteiger partial charge in [0.15, 0.2) is 23.0 Å². The summed E-state index contributed by atoms with van der Waals surface area (Å²) in [5.41, 5.74) is 1.50. The van der Waals surface area contributed by atoms with Crippen LogP contribution in [0.25, 0.3) is 21.9 Å². The first-order valence-corrected chi connectivity index (χ1v) is 15.0. The molecular formula is C32H44O7. The molecule has 0 saturated carbocycles. The highest BCUT2D eigenvalue weighted by Crippen LogP contribution is 2.42. The quantitative estimate of drug-likeness (QED) is 0.107. The third kappa shape index (κ3) is 8.18. The molecule has 3 heterocycles. The van der Waals surface area contributed by atoms with Gasteiger partial charge in [0.25, 0.3) is 0 Å². The molecule has 7 heteroatoms. The van der Waals surface area contributed by atoms with Crippen LogP contribution >= 0.6 is 0 Å². The van der Waals surface area contributed by atoms with E-state index in [1.165, 1.54) is 51.4 Å². The number of hydrogen-bond donors (Lipinski definition) is 0. The molecule has 0 amide bonds. The standard InChI is InChI=1S/C32H44O7/c1-3-5-7-9-11-13-33-29-15-25-26-16-30(34-14-12-10-8-6-4-2)32(38-22-24-20-36-24)18-28(26)39-27(25)17-31(29)37-21-23-19-35-23/h15-18,23-24H,3-14,19-22H2,1-2H3. The van der Waals surface area contributed by atoms with Crippen molar-refractivity contribution < 1.29 is 32.8 Å². The summed E-state index contributed by atoms with van der Waals surface area (Å²) in [7, 11) is 0. The smallest absolute Gasteiger partial charge is 0.165 e. The Kier molecular flexibility index (Phi) is 10.1. The average Bonchev–Trinajstić information content (AvgIpc) is 3.88. The van der Waals surface area contributed by atoms with Gasteiger partial charge in [-0.05, 0) is 25.0 Å². The summed E-state index contributed by atoms with van der Waals surface area (Å²) in [6.45, 7) is 8.30. The van der Waals surface area contributed by atoms with Gasteiger partial charge in [-0.1, -0.05) is 65.2 Å². The zero-order chi connectivity index (χ0) is 26.9. The van der Waals surface area contributed by atoms with Gasteiger partial charge in [-0.25, -0.2) is 0 Å². The number of fused-ring (bicyclic) bond motifs is 3. The third-order valence-electron chi connectivity index (χ3n) is 7.27. The highest BCUT2D eigenvalue weighted by molar-refractivity contribution is 6.07. The van der Waals surface area contributed by atoms with E-state index < -0.39 is 0 Å². The van der Waals surface area contributed by atoms with Gasteiger partial charge in [0.05, 0.1) is 26.4 Å². The minimum Gasteiger partial charge on any atom is -0.490 e. The Balaban J connectivity index is 1.37. The number of benzene rings is 2. The zero-order valence-electron chi connectivity index (χ0n) is 23.6. The van der Waals surface area contributed by atoms with E-state index in [0.29, 0.717) is 37.9 Å². The number of ether oxygens (including phenoxy) is 6. The average molecular weight is 541 g/mol. The van der Waals surface area contributed by atoms with Gasteiger partial charge < -0.3 is 32.8 Å². The van der Waals surface area contributed by atoms with Crippen molar-refractivity contribution in [3.63, 3.8) is 0 Å². The molecule has 5 rings (SSSR count). The van der Waals surface area contributed by atoms with Crippen molar-refractivity contribution in [2.45, 2.75) is 90.3 Å². The molecule has 3 aromatic rings. The van der Waals surface area contributed by atoms with Crippen molar-refractivity contribution in [3.05, 3.63) is 24.3 Å². The predicted molar refractivity (Wildman–Crippen MR) is 153 cm³/mol. The van der Waals surface area contributed by atoms with Crippen LogP contribution in [0.5, 0.6) is 23.0 Å². The second-order valence-corrected chi connectivity index (χ2v) is 10.8. The lowest BCUT2D eigenvalue weighted by Crippen LogP contribution is -2.06. The lowest BCUT2D eigenvalue weighted by molar-refractivity contribution is 0.239. The molecule has 2 saturated heterocycles. The molecule has 2 aromatic carbocycles. The molecule has 0 N–H and O–H groups in total. The van der Waals surface area contributed by atoms with E-state index >= 15 is 0 Å². The summed E-state index contributed by atoms with van der Waals surface area (Å²) >= 11 is 0. The summed E-state index contributed by atoms with van der Waals surface area (Å²) in [6, 6.07) is 7.97. The number of hydrogen-bond acceptors (Lipinski definition) is 7. The normalized spacial score (nSPS) is 18.0. The lowest BCUT2D eigenvalue weighted by Gasteiger charge is -2.13. The molecule has 7 nitrogen and oxygen atoms in total. The Hall–Kier alpha value is -2.64. The first-order chi connectivity index (χ1) is 19.2. The molecule has 0 radical (unpaired) electrons. The fourth-order valence-electron chi connectivity index (χ4n) is 4.71. The second kappa shape index (κ2) is 14.1. The lowest BCUT2D eigenvalue weighted by atomic mass is 10.1. The van der Waals surface area contributed by atoms with Crippen LogP contribution in [-0.4, -0.2) is 51.8 Å². The van der Waals surface area contributed by atoms with Gasteiger partial charge in [-0.3, -0.25) is 0 Å². The molecule has 0 bridgehead atoms. The van der Waals surface area contributed by atoms with E-state index in [-0.39, 0.29) is 12.2 Å². The van der Waals surface area contributed by atoms with Gasteiger partial charge >= 0.3 is 0 Å². The summed E-state index contributed by atoms with van der Waals surface area (Å²) in [5, 5.41) is 1.96. The van der Waals surface area contributed by atoms with E-state index in [4.69, 9.17) is 32.8 Å². The predicted octanol–water partition coefficient (Wildman–Crippen LogP) is 7.84. The van der Waals surface area contributed by atoms with Crippen molar-refractivity contribution in [1.82, 2.24) is 0 Å². The summed E-state index contributed by atoms with van der Waals surface area (Å²) < 4.78 is 41.7. The van der Waals surface area contributed by atoms with Gasteiger partial charge in [0.1, 0.15) is 36.6 Å². The van der Waals surface area contributed by atoms with Crippen molar-refractivity contribution in [3.8, 4) is 23.0 Å². The molecule has 2 unspecified atom stereocenters. The summed E-state index contributed by atoms with van der Waals surface area (Å²) in [4.78, 5) is 0. The van der Waals surface area contributed by atoms with Crippen molar-refractivity contribution in [2.24, 2.45) is 0 Å². The number of rotatable bonds is 20. The van der Waals surface area contributed by atoms with Crippen molar-refractivity contribution >= 4 is 21.9 Å². The summed E-state index contributed by atoms with van der Waals surface area (Å²) in [6.07, 6.45) is 12.2. The molecular weight excluding hydrogens is 496 g/mol. The maximum atomic E-state index is 6.29. The molecule has 214 valence electrons. The van der Waals surface area contributed by atoms with E-state index in [9.17, 15) is 0 Å². The highest BCUT2D eigenvalue weighted by Gasteiger charge is 2.26. The first kappa shape index (κ1) is 27.9. The summed E-state index contributed by atoms with van der Waals surface area (Å²) in [5.74, 6) is 2.87. The Bertz CT molecular complexity index is 1090. The molecule has 39 heavy (non-hydrogen) atoms. The minimum absolute atomic E-state index is 0.162. The monoisotopic (exact) mass is 540 g/mol. The molecule has 0 spiro atoms. The first-order valence-electron chi connectivity index (χ1n) is 15.0. The molecule has 2 aliphatic rings. The molecule has 2 aliphatic heterocycles. The fraction of sp³-hybridized carbons (Fsp3) is 0.625. The Morgan fingerprint density at radius 2 is 0.974 bits per heavy atom. The topological polar surface area (TPSA) is 75.1 Å². The van der Waals surface area contributed by atoms with Crippen molar-refractivity contribution in [1.29, 1.82) is 0 Å². The Morgan fingerprint density at radius 1 is 0.564 bits per heavy atom. The maximum Gasteiger partial charge on any atom is 0.165 e. The molecule has 1 aromatic heterocycles. The van der Waals surface area contributed by atoms with E-state index in [2.05, 4.69) is 13.8 Å². The third-order valence-corrected chi connectivity index (χ3v) is 7.27. The van der Waals surface area contributed by atoms with E-state index in [1.807, 2.05) is 24.3 Å². The van der Waals surface area contributed by atoms with E-state index in [0.717, 1.165) is 59.5 Å².